The monoisotopic (exact) mass is 314 g/mol. The van der Waals surface area contributed by atoms with E-state index in [1.165, 1.54) is 12.8 Å². The molecule has 0 radical (unpaired) electrons. The van der Waals surface area contributed by atoms with Crippen molar-refractivity contribution in [3.8, 4) is 0 Å². The summed E-state index contributed by atoms with van der Waals surface area (Å²) in [5.41, 5.74) is 0. The molecule has 6 heteroatoms. The Bertz CT molecular complexity index is 284. The molecule has 0 unspecified atom stereocenters. The quantitative estimate of drug-likeness (QED) is 0.278. The van der Waals surface area contributed by atoms with E-state index in [1.54, 1.807) is 0 Å². The maximum atomic E-state index is 4.51. The maximum Gasteiger partial charge on any atom is 0.168 e. The van der Waals surface area contributed by atoms with Crippen LogP contribution in [0.2, 0.25) is 39.3 Å². The third-order valence-electron chi connectivity index (χ3n) is 3.37. The minimum absolute atomic E-state index is 1.06. The summed E-state index contributed by atoms with van der Waals surface area (Å²) in [4.78, 5) is 0. The Hall–Kier alpha value is -0.626. The Morgan fingerprint density at radius 3 is 1.25 bits per heavy atom. The van der Waals surface area contributed by atoms with Gasteiger partial charge in [0.05, 0.1) is 0 Å². The second-order valence-electron chi connectivity index (χ2n) is 7.27. The molecule has 0 atom stereocenters. The summed E-state index contributed by atoms with van der Waals surface area (Å²) < 4.78 is 4.30. The summed E-state index contributed by atoms with van der Waals surface area (Å²) >= 11 is 0. The van der Waals surface area contributed by atoms with Crippen LogP contribution in [0.5, 0.6) is 0 Å². The summed E-state index contributed by atoms with van der Waals surface area (Å²) in [5.74, 6) is 0. The fourth-order valence-corrected chi connectivity index (χ4v) is 2.03. The van der Waals surface area contributed by atoms with Crippen LogP contribution in [-0.4, -0.2) is 52.3 Å². The lowest BCUT2D eigenvalue weighted by molar-refractivity contribution is 0.547. The van der Waals surface area contributed by atoms with Gasteiger partial charge >= 0.3 is 0 Å². The zero-order chi connectivity index (χ0) is 15.8. The van der Waals surface area contributed by atoms with Gasteiger partial charge in [-0.1, -0.05) is 39.3 Å². The molecule has 0 fully saturated rings. The molecule has 0 aliphatic carbocycles. The van der Waals surface area contributed by atoms with Gasteiger partial charge in [-0.05, 0) is 25.7 Å². The molecule has 0 saturated carbocycles. The van der Waals surface area contributed by atoms with Gasteiger partial charge in [-0.3, -0.25) is 0 Å². The molecule has 0 amide bonds. The number of nitrogens with zero attached hydrogens (tertiary/aromatic N) is 4. The molecule has 0 aliphatic heterocycles. The van der Waals surface area contributed by atoms with Crippen LogP contribution in [0.1, 0.15) is 25.7 Å². The molecule has 0 aromatic heterocycles. The number of unbranched alkanes of at least 4 members (excludes halogenated alkanes) is 3. The topological polar surface area (TPSA) is 31.2 Å². The van der Waals surface area contributed by atoms with Crippen LogP contribution < -0.4 is 0 Å². The Balaban J connectivity index is 3.74. The Morgan fingerprint density at radius 2 is 1.00 bits per heavy atom. The van der Waals surface area contributed by atoms with Crippen LogP contribution >= 0.6 is 0 Å². The summed E-state index contributed by atoms with van der Waals surface area (Å²) in [6.07, 6.45) is 8.61. The van der Waals surface area contributed by atoms with Gasteiger partial charge in [-0.2, -0.15) is 10.2 Å². The molecule has 0 aromatic rings. The number of hydrazone groups is 2. The van der Waals surface area contributed by atoms with E-state index in [9.17, 15) is 0 Å². The van der Waals surface area contributed by atoms with E-state index >= 15 is 0 Å². The van der Waals surface area contributed by atoms with E-state index in [4.69, 9.17) is 0 Å². The Labute approximate surface area is 128 Å². The predicted molar refractivity (Wildman–Crippen MR) is 97.7 cm³/mol. The fraction of sp³-hybridized carbons (Fsp3) is 0.857. The van der Waals surface area contributed by atoms with Gasteiger partial charge < -0.3 is 9.35 Å². The molecular weight excluding hydrogens is 280 g/mol. The highest BCUT2D eigenvalue weighted by Gasteiger charge is 2.18. The second kappa shape index (κ2) is 8.61. The van der Waals surface area contributed by atoms with Crippen LogP contribution in [0.15, 0.2) is 10.2 Å². The highest BCUT2D eigenvalue weighted by Crippen LogP contribution is 2.07. The zero-order valence-corrected chi connectivity index (χ0v) is 16.8. The summed E-state index contributed by atoms with van der Waals surface area (Å²) in [6, 6.07) is 0. The van der Waals surface area contributed by atoms with Crippen LogP contribution in [-0.2, 0) is 0 Å². The van der Waals surface area contributed by atoms with Crippen molar-refractivity contribution in [3.05, 3.63) is 0 Å². The molecule has 0 N–H and O–H groups in total. The predicted octanol–water partition coefficient (Wildman–Crippen LogP) is 4.05. The van der Waals surface area contributed by atoms with Crippen molar-refractivity contribution in [1.29, 1.82) is 0 Å². The van der Waals surface area contributed by atoms with Crippen molar-refractivity contribution in [2.75, 3.05) is 14.1 Å². The summed E-state index contributed by atoms with van der Waals surface area (Å²) in [5, 5.41) is 9.01. The van der Waals surface area contributed by atoms with Crippen molar-refractivity contribution in [2.45, 2.75) is 65.0 Å². The molecule has 0 aromatic carbocycles. The molecule has 0 bridgehead atoms. The second-order valence-corrected chi connectivity index (χ2v) is 17.2. The fourth-order valence-electron chi connectivity index (χ4n) is 1.18. The van der Waals surface area contributed by atoms with Crippen molar-refractivity contribution in [2.24, 2.45) is 10.2 Å². The lowest BCUT2D eigenvalue weighted by Crippen LogP contribution is -2.39. The van der Waals surface area contributed by atoms with Crippen LogP contribution in [0.25, 0.3) is 0 Å². The van der Waals surface area contributed by atoms with Gasteiger partial charge in [-0.25, -0.2) is 0 Å². The number of hydrogen-bond acceptors (Lipinski definition) is 4. The van der Waals surface area contributed by atoms with E-state index < -0.39 is 16.5 Å². The van der Waals surface area contributed by atoms with Gasteiger partial charge in [0.2, 0.25) is 0 Å². The largest absolute Gasteiger partial charge is 0.328 e. The van der Waals surface area contributed by atoms with E-state index in [2.05, 4.69) is 85.4 Å². The van der Waals surface area contributed by atoms with E-state index in [0.29, 0.717) is 0 Å². The van der Waals surface area contributed by atoms with Gasteiger partial charge in [0, 0.05) is 26.5 Å². The first-order chi connectivity index (χ1) is 9.05. The van der Waals surface area contributed by atoms with Crippen LogP contribution in [0.3, 0.4) is 0 Å². The number of hydrogen-bond donors (Lipinski definition) is 0. The Morgan fingerprint density at radius 1 is 0.700 bits per heavy atom. The van der Waals surface area contributed by atoms with Crippen molar-refractivity contribution in [1.82, 2.24) is 9.35 Å². The minimum atomic E-state index is -1.26. The molecule has 0 spiro atoms. The van der Waals surface area contributed by atoms with Crippen LogP contribution in [0.4, 0.5) is 0 Å². The van der Waals surface area contributed by atoms with Gasteiger partial charge in [0.1, 0.15) is 0 Å². The summed E-state index contributed by atoms with van der Waals surface area (Å²) in [6.45, 7) is 13.8. The molecular formula is C14H34N4Si2. The normalized spacial score (nSPS) is 13.4. The molecule has 4 nitrogen and oxygen atoms in total. The van der Waals surface area contributed by atoms with E-state index in [0.717, 1.165) is 12.8 Å². The average Bonchev–Trinajstić information content (AvgIpc) is 2.29. The first-order valence-electron chi connectivity index (χ1n) is 7.57. The van der Waals surface area contributed by atoms with Crippen molar-refractivity contribution in [3.63, 3.8) is 0 Å². The molecule has 118 valence electrons. The first kappa shape index (κ1) is 19.4. The van der Waals surface area contributed by atoms with Crippen molar-refractivity contribution >= 4 is 28.9 Å². The van der Waals surface area contributed by atoms with Gasteiger partial charge in [0.15, 0.2) is 16.5 Å². The molecule has 0 heterocycles. The van der Waals surface area contributed by atoms with Gasteiger partial charge in [0.25, 0.3) is 0 Å². The third-order valence-corrected chi connectivity index (χ3v) is 7.48. The average molecular weight is 315 g/mol. The SMILES string of the molecule is CN(/N=C/CCCC/C=N/N(C)[Si](C)(C)C)[Si](C)(C)C. The molecule has 0 saturated heterocycles. The standard InChI is InChI=1S/C14H34N4Si2/c1-17(19(3,4)5)15-13-11-9-10-12-14-16-18(2)20(6,7)8/h13-14H,9-12H2,1-8H3/b15-13+,16-14+. The van der Waals surface area contributed by atoms with Crippen LogP contribution in [0, 0.1) is 0 Å². The highest BCUT2D eigenvalue weighted by atomic mass is 28.3. The lowest BCUT2D eigenvalue weighted by atomic mass is 10.2. The van der Waals surface area contributed by atoms with Crippen molar-refractivity contribution < 1.29 is 0 Å². The Kier molecular flexibility index (Phi) is 8.34. The smallest absolute Gasteiger partial charge is 0.168 e. The third kappa shape index (κ3) is 9.30. The minimum Gasteiger partial charge on any atom is -0.328 e. The highest BCUT2D eigenvalue weighted by molar-refractivity contribution is 6.73. The molecule has 20 heavy (non-hydrogen) atoms. The maximum absolute atomic E-state index is 4.51. The number of rotatable bonds is 9. The first-order valence-corrected chi connectivity index (χ1v) is 14.5. The lowest BCUT2D eigenvalue weighted by Gasteiger charge is -2.26. The van der Waals surface area contributed by atoms with E-state index in [1.807, 2.05) is 0 Å². The molecule has 0 aliphatic rings. The molecule has 0 rings (SSSR count). The van der Waals surface area contributed by atoms with Gasteiger partial charge in [-0.15, -0.1) is 0 Å². The summed E-state index contributed by atoms with van der Waals surface area (Å²) in [7, 11) is 1.65. The zero-order valence-electron chi connectivity index (χ0n) is 14.8. The van der Waals surface area contributed by atoms with E-state index in [-0.39, 0.29) is 0 Å².